The Kier molecular flexibility index (Phi) is 4.66. The van der Waals surface area contributed by atoms with E-state index in [-0.39, 0.29) is 25.0 Å². The smallest absolute Gasteiger partial charge is 0.252 e. The zero-order valence-electron chi connectivity index (χ0n) is 14.2. The van der Waals surface area contributed by atoms with Crippen molar-refractivity contribution in [2.45, 2.75) is 43.9 Å². The predicted octanol–water partition coefficient (Wildman–Crippen LogP) is 1.21. The summed E-state index contributed by atoms with van der Waals surface area (Å²) >= 11 is 0. The lowest BCUT2D eigenvalue weighted by molar-refractivity contribution is -0.148. The van der Waals surface area contributed by atoms with Crippen molar-refractivity contribution < 1.29 is 18.8 Å². The van der Waals surface area contributed by atoms with Crippen LogP contribution in [0.15, 0.2) is 34.9 Å². The van der Waals surface area contributed by atoms with E-state index in [1.165, 1.54) is 6.42 Å². The SMILES string of the molecule is O=C1CO[C@H](C(=O)NCc2noc(C3CCC3)n2)[C@@H](c2ccccc2)N1. The van der Waals surface area contributed by atoms with Crippen LogP contribution in [0.2, 0.25) is 0 Å². The third-order valence-electron chi connectivity index (χ3n) is 4.79. The number of nitrogens with one attached hydrogen (secondary N) is 2. The summed E-state index contributed by atoms with van der Waals surface area (Å²) in [6.45, 7) is 0.0137. The van der Waals surface area contributed by atoms with Crippen LogP contribution in [0.3, 0.4) is 0 Å². The highest BCUT2D eigenvalue weighted by atomic mass is 16.5. The van der Waals surface area contributed by atoms with Crippen LogP contribution in [-0.4, -0.2) is 34.7 Å². The molecule has 1 aliphatic heterocycles. The van der Waals surface area contributed by atoms with Crippen LogP contribution in [0, 0.1) is 0 Å². The minimum absolute atomic E-state index is 0.143. The summed E-state index contributed by atoms with van der Waals surface area (Å²) in [6, 6.07) is 8.75. The molecule has 1 aromatic carbocycles. The van der Waals surface area contributed by atoms with E-state index in [2.05, 4.69) is 20.8 Å². The largest absolute Gasteiger partial charge is 0.356 e. The first-order chi connectivity index (χ1) is 12.7. The highest BCUT2D eigenvalue weighted by Crippen LogP contribution is 2.35. The number of morpholine rings is 1. The Morgan fingerprint density at radius 3 is 2.81 bits per heavy atom. The van der Waals surface area contributed by atoms with Crippen molar-refractivity contribution in [2.24, 2.45) is 0 Å². The zero-order valence-corrected chi connectivity index (χ0v) is 14.2. The van der Waals surface area contributed by atoms with Gasteiger partial charge in [0.05, 0.1) is 12.6 Å². The van der Waals surface area contributed by atoms with Crippen LogP contribution in [0.5, 0.6) is 0 Å². The van der Waals surface area contributed by atoms with E-state index < -0.39 is 12.1 Å². The average molecular weight is 356 g/mol. The third-order valence-corrected chi connectivity index (χ3v) is 4.79. The van der Waals surface area contributed by atoms with Crippen molar-refractivity contribution in [2.75, 3.05) is 6.61 Å². The van der Waals surface area contributed by atoms with Crippen LogP contribution in [0.25, 0.3) is 0 Å². The van der Waals surface area contributed by atoms with Gasteiger partial charge < -0.3 is 19.9 Å². The Hall–Kier alpha value is -2.74. The predicted molar refractivity (Wildman–Crippen MR) is 89.8 cm³/mol. The van der Waals surface area contributed by atoms with Crippen molar-refractivity contribution in [3.8, 4) is 0 Å². The molecule has 2 atom stereocenters. The van der Waals surface area contributed by atoms with Gasteiger partial charge in [-0.2, -0.15) is 4.98 Å². The molecule has 2 amide bonds. The topological polar surface area (TPSA) is 106 Å². The molecule has 2 fully saturated rings. The molecule has 2 heterocycles. The fourth-order valence-corrected chi connectivity index (χ4v) is 3.13. The normalized spacial score (nSPS) is 23.2. The summed E-state index contributed by atoms with van der Waals surface area (Å²) in [5.74, 6) is 0.867. The van der Waals surface area contributed by atoms with Crippen molar-refractivity contribution >= 4 is 11.8 Å². The summed E-state index contributed by atoms with van der Waals surface area (Å²) in [7, 11) is 0. The molecule has 2 aliphatic rings. The van der Waals surface area contributed by atoms with Crippen molar-refractivity contribution in [1.82, 2.24) is 20.8 Å². The maximum Gasteiger partial charge on any atom is 0.252 e. The number of carbonyl (C=O) groups excluding carboxylic acids is 2. The first kappa shape index (κ1) is 16.7. The molecule has 1 saturated heterocycles. The van der Waals surface area contributed by atoms with Gasteiger partial charge in [-0.15, -0.1) is 0 Å². The average Bonchev–Trinajstić information content (AvgIpc) is 3.07. The van der Waals surface area contributed by atoms with Crippen LogP contribution in [0.4, 0.5) is 0 Å². The Morgan fingerprint density at radius 1 is 1.27 bits per heavy atom. The standard InChI is InChI=1S/C18H20N4O4/c23-14-10-25-16(15(21-14)11-5-2-1-3-6-11)17(24)19-9-13-20-18(26-22-13)12-7-4-8-12/h1-3,5-6,12,15-16H,4,7-10H2,(H,19,24)(H,21,23)/t15-,16+/m1/s1. The van der Waals surface area contributed by atoms with E-state index >= 15 is 0 Å². The van der Waals surface area contributed by atoms with E-state index in [0.29, 0.717) is 17.6 Å². The molecule has 1 aliphatic carbocycles. The second kappa shape index (κ2) is 7.25. The number of nitrogens with zero attached hydrogens (tertiary/aromatic N) is 2. The van der Waals surface area contributed by atoms with E-state index in [0.717, 1.165) is 18.4 Å². The van der Waals surface area contributed by atoms with Crippen molar-refractivity contribution in [3.05, 3.63) is 47.6 Å². The Balaban J connectivity index is 1.40. The number of hydrogen-bond donors (Lipinski definition) is 2. The van der Waals surface area contributed by atoms with Gasteiger partial charge in [0, 0.05) is 5.92 Å². The summed E-state index contributed by atoms with van der Waals surface area (Å²) in [4.78, 5) is 28.6. The van der Waals surface area contributed by atoms with Crippen molar-refractivity contribution in [3.63, 3.8) is 0 Å². The van der Waals surface area contributed by atoms with E-state index in [9.17, 15) is 9.59 Å². The maximum atomic E-state index is 12.6. The molecule has 8 heteroatoms. The van der Waals surface area contributed by atoms with E-state index in [1.54, 1.807) is 0 Å². The van der Waals surface area contributed by atoms with Crippen LogP contribution < -0.4 is 10.6 Å². The highest BCUT2D eigenvalue weighted by molar-refractivity contribution is 5.86. The molecule has 1 saturated carbocycles. The molecule has 2 aromatic rings. The van der Waals surface area contributed by atoms with Gasteiger partial charge in [0.1, 0.15) is 6.61 Å². The van der Waals surface area contributed by atoms with E-state index in [1.807, 2.05) is 30.3 Å². The summed E-state index contributed by atoms with van der Waals surface area (Å²) in [6.07, 6.45) is 2.52. The molecule has 0 spiro atoms. The number of aromatic nitrogens is 2. The van der Waals surface area contributed by atoms with Gasteiger partial charge in [0.2, 0.25) is 11.8 Å². The Labute approximate surface area is 150 Å². The molecule has 0 radical (unpaired) electrons. The quantitative estimate of drug-likeness (QED) is 0.834. The molecular weight excluding hydrogens is 336 g/mol. The summed E-state index contributed by atoms with van der Waals surface area (Å²) in [5, 5.41) is 9.51. The molecule has 136 valence electrons. The lowest BCUT2D eigenvalue weighted by atomic mass is 9.85. The minimum atomic E-state index is -0.812. The van der Waals surface area contributed by atoms with Gasteiger partial charge in [-0.1, -0.05) is 41.9 Å². The zero-order chi connectivity index (χ0) is 17.9. The number of ether oxygens (including phenoxy) is 1. The number of hydrogen-bond acceptors (Lipinski definition) is 6. The number of benzene rings is 1. The second-order valence-electron chi connectivity index (χ2n) is 6.58. The third kappa shape index (κ3) is 3.45. The van der Waals surface area contributed by atoms with Gasteiger partial charge in [-0.3, -0.25) is 9.59 Å². The van der Waals surface area contributed by atoms with E-state index in [4.69, 9.17) is 9.26 Å². The van der Waals surface area contributed by atoms with Crippen LogP contribution in [0.1, 0.15) is 48.5 Å². The Morgan fingerprint density at radius 2 is 2.08 bits per heavy atom. The van der Waals surface area contributed by atoms with Gasteiger partial charge in [0.15, 0.2) is 11.9 Å². The molecule has 0 bridgehead atoms. The summed E-state index contributed by atoms with van der Waals surface area (Å²) < 4.78 is 10.7. The molecule has 26 heavy (non-hydrogen) atoms. The fourth-order valence-electron chi connectivity index (χ4n) is 3.13. The maximum absolute atomic E-state index is 12.6. The molecular formula is C18H20N4O4. The molecule has 8 nitrogen and oxygen atoms in total. The second-order valence-corrected chi connectivity index (χ2v) is 6.58. The van der Waals surface area contributed by atoms with Gasteiger partial charge in [-0.25, -0.2) is 0 Å². The number of rotatable bonds is 5. The van der Waals surface area contributed by atoms with Crippen LogP contribution >= 0.6 is 0 Å². The molecule has 4 rings (SSSR count). The first-order valence-corrected chi connectivity index (χ1v) is 8.77. The summed E-state index contributed by atoms with van der Waals surface area (Å²) in [5.41, 5.74) is 0.813. The monoisotopic (exact) mass is 356 g/mol. The number of carbonyl (C=O) groups is 2. The minimum Gasteiger partial charge on any atom is -0.356 e. The number of amides is 2. The van der Waals surface area contributed by atoms with Gasteiger partial charge in [0.25, 0.3) is 5.91 Å². The lowest BCUT2D eigenvalue weighted by Crippen LogP contribution is -2.52. The van der Waals surface area contributed by atoms with Gasteiger partial charge in [-0.05, 0) is 18.4 Å². The van der Waals surface area contributed by atoms with Gasteiger partial charge >= 0.3 is 0 Å². The fraction of sp³-hybridized carbons (Fsp3) is 0.444. The molecule has 2 N–H and O–H groups in total. The van der Waals surface area contributed by atoms with Crippen LogP contribution in [-0.2, 0) is 20.9 Å². The molecule has 0 unspecified atom stereocenters. The lowest BCUT2D eigenvalue weighted by Gasteiger charge is -2.31. The highest BCUT2D eigenvalue weighted by Gasteiger charge is 2.36. The Bertz CT molecular complexity index is 787. The van der Waals surface area contributed by atoms with Crippen molar-refractivity contribution in [1.29, 1.82) is 0 Å². The first-order valence-electron chi connectivity index (χ1n) is 8.77. The molecule has 1 aromatic heterocycles.